The van der Waals surface area contributed by atoms with Crippen molar-refractivity contribution >= 4 is 29.1 Å². The first-order valence-corrected chi connectivity index (χ1v) is 8.23. The molecule has 1 saturated heterocycles. The molecule has 1 aromatic heterocycles. The second kappa shape index (κ2) is 6.51. The number of halogens is 1. The van der Waals surface area contributed by atoms with Crippen molar-refractivity contribution in [2.75, 3.05) is 28.2 Å². The zero-order valence-electron chi connectivity index (χ0n) is 14.1. The van der Waals surface area contributed by atoms with Crippen LogP contribution in [0.1, 0.15) is 5.56 Å². The first-order chi connectivity index (χ1) is 12.6. The van der Waals surface area contributed by atoms with Gasteiger partial charge in [0.1, 0.15) is 12.1 Å². The van der Waals surface area contributed by atoms with E-state index in [1.165, 1.54) is 18.4 Å². The minimum atomic E-state index is -0.360. The van der Waals surface area contributed by atoms with E-state index < -0.39 is 0 Å². The predicted octanol–water partition coefficient (Wildman–Crippen LogP) is 4.31. The van der Waals surface area contributed by atoms with Crippen LogP contribution in [0.3, 0.4) is 0 Å². The molecule has 4 rings (SSSR count). The van der Waals surface area contributed by atoms with Crippen molar-refractivity contribution in [3.63, 3.8) is 0 Å². The molecule has 6 nitrogen and oxygen atoms in total. The van der Waals surface area contributed by atoms with E-state index in [9.17, 15) is 9.18 Å². The van der Waals surface area contributed by atoms with Gasteiger partial charge in [-0.25, -0.2) is 14.2 Å². The van der Waals surface area contributed by atoms with Gasteiger partial charge in [0.05, 0.1) is 6.20 Å². The van der Waals surface area contributed by atoms with Gasteiger partial charge >= 0.3 is 6.03 Å². The molecule has 2 aromatic carbocycles. The summed E-state index contributed by atoms with van der Waals surface area (Å²) in [7, 11) is 0. The van der Waals surface area contributed by atoms with Crippen molar-refractivity contribution in [1.82, 2.24) is 4.98 Å². The number of benzene rings is 2. The Labute approximate surface area is 149 Å². The zero-order valence-corrected chi connectivity index (χ0v) is 14.1. The van der Waals surface area contributed by atoms with Crippen molar-refractivity contribution in [2.45, 2.75) is 6.92 Å². The number of hydrogen-bond acceptors (Lipinski definition) is 4. The highest BCUT2D eigenvalue weighted by Crippen LogP contribution is 2.30. The molecule has 1 aliphatic heterocycles. The Morgan fingerprint density at radius 3 is 2.58 bits per heavy atom. The third-order valence-electron chi connectivity index (χ3n) is 4.34. The second-order valence-electron chi connectivity index (χ2n) is 6.03. The second-order valence-corrected chi connectivity index (χ2v) is 6.03. The molecule has 7 heteroatoms. The van der Waals surface area contributed by atoms with Gasteiger partial charge in [-0.05, 0) is 42.8 Å². The fraction of sp³-hybridized carbons (Fsp3) is 0.158. The van der Waals surface area contributed by atoms with Gasteiger partial charge in [0.15, 0.2) is 0 Å². The molecule has 1 aliphatic rings. The quantitative estimate of drug-likeness (QED) is 0.760. The Morgan fingerprint density at radius 2 is 1.88 bits per heavy atom. The van der Waals surface area contributed by atoms with Crippen LogP contribution in [0.4, 0.5) is 32.3 Å². The van der Waals surface area contributed by atoms with Crippen molar-refractivity contribution in [3.8, 4) is 0 Å². The van der Waals surface area contributed by atoms with Crippen LogP contribution in [0.15, 0.2) is 59.3 Å². The van der Waals surface area contributed by atoms with Crippen LogP contribution >= 0.6 is 0 Å². The van der Waals surface area contributed by atoms with Gasteiger partial charge in [-0.3, -0.25) is 9.80 Å². The maximum absolute atomic E-state index is 13.5. The average Bonchev–Trinajstić information content (AvgIpc) is 3.27. The van der Waals surface area contributed by atoms with E-state index in [2.05, 4.69) is 10.3 Å². The van der Waals surface area contributed by atoms with Gasteiger partial charge in [0, 0.05) is 30.2 Å². The average molecular weight is 352 g/mol. The number of hydrogen-bond donors (Lipinski definition) is 1. The monoisotopic (exact) mass is 352 g/mol. The third-order valence-corrected chi connectivity index (χ3v) is 4.34. The standard InChI is InChI=1S/C19H17FN4O2/c1-13-5-6-16(12-17(13)22-18-21-7-10-26-18)24-9-8-23(19(24)25)15-4-2-3-14(20)11-15/h2-7,10-12H,8-9H2,1H3,(H,21,22). The maximum atomic E-state index is 13.5. The van der Waals surface area contributed by atoms with Gasteiger partial charge in [-0.15, -0.1) is 0 Å². The van der Waals surface area contributed by atoms with Crippen LogP contribution in [-0.2, 0) is 0 Å². The first-order valence-electron chi connectivity index (χ1n) is 8.23. The third kappa shape index (κ3) is 2.99. The lowest BCUT2D eigenvalue weighted by molar-refractivity contribution is 0.256. The van der Waals surface area contributed by atoms with Crippen LogP contribution in [0.2, 0.25) is 0 Å². The molecular formula is C19H17FN4O2. The van der Waals surface area contributed by atoms with Gasteiger partial charge < -0.3 is 9.73 Å². The van der Waals surface area contributed by atoms with E-state index in [-0.39, 0.29) is 11.8 Å². The molecule has 0 bridgehead atoms. The molecule has 2 amide bonds. The number of amides is 2. The fourth-order valence-corrected chi connectivity index (χ4v) is 2.97. The van der Waals surface area contributed by atoms with Gasteiger partial charge in [-0.1, -0.05) is 12.1 Å². The van der Waals surface area contributed by atoms with Crippen LogP contribution in [0.25, 0.3) is 0 Å². The number of nitrogens with one attached hydrogen (secondary N) is 1. The summed E-state index contributed by atoms with van der Waals surface area (Å²) in [5, 5.41) is 3.10. The molecule has 1 N–H and O–H groups in total. The van der Waals surface area contributed by atoms with Crippen molar-refractivity contribution < 1.29 is 13.6 Å². The Balaban J connectivity index is 1.59. The number of carbonyl (C=O) groups is 1. The van der Waals surface area contributed by atoms with Crippen LogP contribution in [0.5, 0.6) is 0 Å². The summed E-state index contributed by atoms with van der Waals surface area (Å²) in [6, 6.07) is 12.0. The highest BCUT2D eigenvalue weighted by Gasteiger charge is 2.31. The minimum Gasteiger partial charge on any atom is -0.432 e. The van der Waals surface area contributed by atoms with E-state index in [4.69, 9.17) is 4.42 Å². The summed E-state index contributed by atoms with van der Waals surface area (Å²) in [6.07, 6.45) is 3.05. The summed E-state index contributed by atoms with van der Waals surface area (Å²) >= 11 is 0. The molecule has 0 atom stereocenters. The highest BCUT2D eigenvalue weighted by molar-refractivity contribution is 6.06. The number of oxazole rings is 1. The predicted molar refractivity (Wildman–Crippen MR) is 97.5 cm³/mol. The summed E-state index contributed by atoms with van der Waals surface area (Å²) in [6.45, 7) is 2.98. The molecule has 0 radical (unpaired) electrons. The molecule has 132 valence electrons. The Bertz CT molecular complexity index is 942. The lowest BCUT2D eigenvalue weighted by Gasteiger charge is -2.20. The van der Waals surface area contributed by atoms with Crippen molar-refractivity contribution in [1.29, 1.82) is 0 Å². The number of nitrogens with zero attached hydrogens (tertiary/aromatic N) is 3. The highest BCUT2D eigenvalue weighted by atomic mass is 19.1. The lowest BCUT2D eigenvalue weighted by Crippen LogP contribution is -2.31. The maximum Gasteiger partial charge on any atom is 0.329 e. The number of urea groups is 1. The lowest BCUT2D eigenvalue weighted by atomic mass is 10.1. The summed E-state index contributed by atoms with van der Waals surface area (Å²) in [5.74, 6) is -0.360. The van der Waals surface area contributed by atoms with Crippen molar-refractivity contribution in [2.24, 2.45) is 0 Å². The SMILES string of the molecule is Cc1ccc(N2CCN(c3cccc(F)c3)C2=O)cc1Nc1ncco1. The normalized spacial score (nSPS) is 14.2. The van der Waals surface area contributed by atoms with E-state index in [1.807, 2.05) is 25.1 Å². The summed E-state index contributed by atoms with van der Waals surface area (Å²) in [5.41, 5.74) is 3.12. The number of carbonyl (C=O) groups excluding carboxylic acids is 1. The smallest absolute Gasteiger partial charge is 0.329 e. The first kappa shape index (κ1) is 16.1. The van der Waals surface area contributed by atoms with Crippen LogP contribution in [-0.4, -0.2) is 24.1 Å². The molecule has 0 aliphatic carbocycles. The van der Waals surface area contributed by atoms with Gasteiger partial charge in [0.25, 0.3) is 6.01 Å². The largest absolute Gasteiger partial charge is 0.432 e. The van der Waals surface area contributed by atoms with E-state index in [0.29, 0.717) is 24.8 Å². The van der Waals surface area contributed by atoms with E-state index >= 15 is 0 Å². The molecular weight excluding hydrogens is 335 g/mol. The molecule has 1 fully saturated rings. The van der Waals surface area contributed by atoms with Crippen molar-refractivity contribution in [3.05, 3.63) is 66.3 Å². The van der Waals surface area contributed by atoms with E-state index in [1.54, 1.807) is 28.1 Å². The molecule has 2 heterocycles. The Morgan fingerprint density at radius 1 is 1.12 bits per heavy atom. The molecule has 0 unspecified atom stereocenters. The minimum absolute atomic E-state index is 0.179. The molecule has 0 saturated carbocycles. The van der Waals surface area contributed by atoms with Gasteiger partial charge in [0.2, 0.25) is 0 Å². The molecule has 26 heavy (non-hydrogen) atoms. The number of aromatic nitrogens is 1. The topological polar surface area (TPSA) is 61.6 Å². The summed E-state index contributed by atoms with van der Waals surface area (Å²) in [4.78, 5) is 20.1. The zero-order chi connectivity index (χ0) is 18.1. The van der Waals surface area contributed by atoms with Gasteiger partial charge in [-0.2, -0.15) is 0 Å². The Hall–Kier alpha value is -3.35. The van der Waals surface area contributed by atoms with E-state index in [0.717, 1.165) is 16.9 Å². The summed E-state index contributed by atoms with van der Waals surface area (Å²) < 4.78 is 18.7. The molecule has 0 spiro atoms. The molecule has 3 aromatic rings. The fourth-order valence-electron chi connectivity index (χ4n) is 2.97. The Kier molecular flexibility index (Phi) is 4.04. The van der Waals surface area contributed by atoms with Crippen LogP contribution < -0.4 is 15.1 Å². The number of aryl methyl sites for hydroxylation is 1. The van der Waals surface area contributed by atoms with Crippen LogP contribution in [0, 0.1) is 12.7 Å². The number of rotatable bonds is 4. The number of anilines is 4.